The van der Waals surface area contributed by atoms with Crippen molar-refractivity contribution in [3.05, 3.63) is 64.1 Å². The minimum Gasteiger partial charge on any atom is -0.381 e. The van der Waals surface area contributed by atoms with Gasteiger partial charge < -0.3 is 15.6 Å². The molecule has 130 valence electrons. The molecule has 5 rings (SSSR count). The van der Waals surface area contributed by atoms with Gasteiger partial charge in [-0.3, -0.25) is 0 Å². The van der Waals surface area contributed by atoms with Crippen molar-refractivity contribution in [1.29, 1.82) is 0 Å². The van der Waals surface area contributed by atoms with Crippen molar-refractivity contribution in [2.24, 2.45) is 0 Å². The van der Waals surface area contributed by atoms with E-state index in [4.69, 9.17) is 0 Å². The van der Waals surface area contributed by atoms with Crippen LogP contribution in [0.4, 0.5) is 0 Å². The Morgan fingerprint density at radius 1 is 0.920 bits per heavy atom. The molecular formula is C22H27N3. The van der Waals surface area contributed by atoms with Gasteiger partial charge in [0.25, 0.3) is 0 Å². The highest BCUT2D eigenvalue weighted by Crippen LogP contribution is 2.36. The topological polar surface area (TPSA) is 39.8 Å². The van der Waals surface area contributed by atoms with Crippen LogP contribution in [0.2, 0.25) is 0 Å². The highest BCUT2D eigenvalue weighted by atomic mass is 14.9. The number of aromatic nitrogens is 1. The van der Waals surface area contributed by atoms with Crippen molar-refractivity contribution < 1.29 is 0 Å². The summed E-state index contributed by atoms with van der Waals surface area (Å²) in [6.07, 6.45) is 11.9. The Morgan fingerprint density at radius 2 is 1.80 bits per heavy atom. The number of nitrogens with one attached hydrogen (secondary N) is 3. The minimum atomic E-state index is 0.489. The van der Waals surface area contributed by atoms with E-state index in [1.54, 1.807) is 11.1 Å². The molecule has 1 fully saturated rings. The van der Waals surface area contributed by atoms with Crippen molar-refractivity contribution in [2.75, 3.05) is 13.1 Å². The van der Waals surface area contributed by atoms with Crippen LogP contribution in [0.25, 0.3) is 6.08 Å². The maximum absolute atomic E-state index is 3.83. The second-order valence-corrected chi connectivity index (χ2v) is 7.76. The van der Waals surface area contributed by atoms with Crippen LogP contribution in [0, 0.1) is 0 Å². The summed E-state index contributed by atoms with van der Waals surface area (Å²) in [4.78, 5) is 3.56. The SMILES string of the molecule is C1=C(NC2CCc3ccccc32)CCc2c(C3CCNCC3)c[nH]c21. The monoisotopic (exact) mass is 333 g/mol. The van der Waals surface area contributed by atoms with Gasteiger partial charge in [-0.25, -0.2) is 0 Å². The van der Waals surface area contributed by atoms with Gasteiger partial charge in [-0.1, -0.05) is 24.3 Å². The Labute approximate surface area is 149 Å². The fourth-order valence-corrected chi connectivity index (χ4v) is 4.94. The van der Waals surface area contributed by atoms with Gasteiger partial charge in [0.15, 0.2) is 0 Å². The summed E-state index contributed by atoms with van der Waals surface area (Å²) in [5.41, 5.74) is 8.91. The van der Waals surface area contributed by atoms with Crippen LogP contribution in [-0.4, -0.2) is 18.1 Å². The number of aromatic amines is 1. The molecule has 0 spiro atoms. The van der Waals surface area contributed by atoms with Crippen molar-refractivity contribution >= 4 is 6.08 Å². The van der Waals surface area contributed by atoms with E-state index in [1.165, 1.54) is 54.6 Å². The van der Waals surface area contributed by atoms with Gasteiger partial charge in [0.1, 0.15) is 0 Å². The van der Waals surface area contributed by atoms with Gasteiger partial charge >= 0.3 is 0 Å². The van der Waals surface area contributed by atoms with Gasteiger partial charge in [0.05, 0.1) is 6.04 Å². The molecule has 0 amide bonds. The molecular weight excluding hydrogens is 306 g/mol. The smallest absolute Gasteiger partial charge is 0.0516 e. The molecule has 1 atom stereocenters. The van der Waals surface area contributed by atoms with E-state index in [2.05, 4.69) is 52.2 Å². The van der Waals surface area contributed by atoms with Crippen molar-refractivity contribution in [3.63, 3.8) is 0 Å². The summed E-state index contributed by atoms with van der Waals surface area (Å²) in [7, 11) is 0. The summed E-state index contributed by atoms with van der Waals surface area (Å²) in [5.74, 6) is 0.742. The van der Waals surface area contributed by atoms with Crippen LogP contribution in [0.5, 0.6) is 0 Å². The van der Waals surface area contributed by atoms with E-state index in [0.29, 0.717) is 6.04 Å². The third-order valence-corrected chi connectivity index (χ3v) is 6.29. The average Bonchev–Trinajstić information content (AvgIpc) is 3.27. The second kappa shape index (κ2) is 6.38. The Kier molecular flexibility index (Phi) is 3.90. The molecule has 0 radical (unpaired) electrons. The number of piperidine rings is 1. The molecule has 2 aliphatic carbocycles. The van der Waals surface area contributed by atoms with Crippen LogP contribution in [-0.2, 0) is 12.8 Å². The lowest BCUT2D eigenvalue weighted by Crippen LogP contribution is -2.27. The number of hydrogen-bond donors (Lipinski definition) is 3. The Bertz CT molecular complexity index is 795. The summed E-state index contributed by atoms with van der Waals surface area (Å²) < 4.78 is 0. The predicted molar refractivity (Wildman–Crippen MR) is 103 cm³/mol. The number of allylic oxidation sites excluding steroid dienone is 1. The number of rotatable bonds is 3. The van der Waals surface area contributed by atoms with E-state index in [1.807, 2.05) is 0 Å². The van der Waals surface area contributed by atoms with Gasteiger partial charge in [-0.2, -0.15) is 0 Å². The first kappa shape index (κ1) is 15.3. The van der Waals surface area contributed by atoms with Crippen LogP contribution < -0.4 is 10.6 Å². The number of fused-ring (bicyclic) bond motifs is 2. The average molecular weight is 333 g/mol. The molecule has 1 aromatic heterocycles. The van der Waals surface area contributed by atoms with E-state index < -0.39 is 0 Å². The maximum atomic E-state index is 3.83. The molecule has 1 aromatic carbocycles. The maximum Gasteiger partial charge on any atom is 0.0516 e. The number of benzene rings is 1. The molecule has 0 bridgehead atoms. The molecule has 3 nitrogen and oxygen atoms in total. The quantitative estimate of drug-likeness (QED) is 0.793. The fourth-order valence-electron chi connectivity index (χ4n) is 4.94. The molecule has 1 aliphatic heterocycles. The van der Waals surface area contributed by atoms with Gasteiger partial charge in [0, 0.05) is 17.6 Å². The number of hydrogen-bond acceptors (Lipinski definition) is 2. The van der Waals surface area contributed by atoms with Gasteiger partial charge in [-0.05, 0) is 85.9 Å². The standard InChI is InChI=1S/C22H27N3/c1-2-4-18-15(3-1)5-8-21(18)25-17-6-7-19-20(14-24-22(19)13-17)16-9-11-23-12-10-16/h1-4,13-14,16,21,23-25H,5-12H2. The van der Waals surface area contributed by atoms with Crippen LogP contribution in [0.1, 0.15) is 65.6 Å². The first-order valence-corrected chi connectivity index (χ1v) is 9.84. The van der Waals surface area contributed by atoms with E-state index >= 15 is 0 Å². The Morgan fingerprint density at radius 3 is 2.72 bits per heavy atom. The lowest BCUT2D eigenvalue weighted by molar-refractivity contribution is 0.458. The van der Waals surface area contributed by atoms with Gasteiger partial charge in [0.2, 0.25) is 0 Å². The third kappa shape index (κ3) is 2.81. The van der Waals surface area contributed by atoms with Crippen LogP contribution in [0.15, 0.2) is 36.2 Å². The predicted octanol–water partition coefficient (Wildman–Crippen LogP) is 4.05. The summed E-state index contributed by atoms with van der Waals surface area (Å²) in [6, 6.07) is 9.39. The summed E-state index contributed by atoms with van der Waals surface area (Å²) >= 11 is 0. The fraction of sp³-hybridized carbons (Fsp3) is 0.455. The van der Waals surface area contributed by atoms with Crippen molar-refractivity contribution in [3.8, 4) is 0 Å². The minimum absolute atomic E-state index is 0.489. The molecule has 3 heteroatoms. The highest BCUT2D eigenvalue weighted by molar-refractivity contribution is 5.59. The Balaban J connectivity index is 1.35. The second-order valence-electron chi connectivity index (χ2n) is 7.76. The normalized spacial score (nSPS) is 23.0. The van der Waals surface area contributed by atoms with E-state index in [0.717, 1.165) is 25.4 Å². The van der Waals surface area contributed by atoms with Gasteiger partial charge in [-0.15, -0.1) is 0 Å². The van der Waals surface area contributed by atoms with E-state index in [9.17, 15) is 0 Å². The van der Waals surface area contributed by atoms with Crippen LogP contribution >= 0.6 is 0 Å². The summed E-state index contributed by atoms with van der Waals surface area (Å²) in [6.45, 7) is 2.32. The Hall–Kier alpha value is -2.00. The molecule has 0 saturated carbocycles. The largest absolute Gasteiger partial charge is 0.381 e. The summed E-state index contributed by atoms with van der Waals surface area (Å²) in [5, 5.41) is 7.31. The lowest BCUT2D eigenvalue weighted by atomic mass is 9.86. The number of aryl methyl sites for hydroxylation is 1. The van der Waals surface area contributed by atoms with Crippen molar-refractivity contribution in [1.82, 2.24) is 15.6 Å². The first-order chi connectivity index (χ1) is 12.4. The first-order valence-electron chi connectivity index (χ1n) is 9.84. The molecule has 3 aliphatic rings. The van der Waals surface area contributed by atoms with Crippen molar-refractivity contribution in [2.45, 2.75) is 50.5 Å². The molecule has 2 aromatic rings. The zero-order chi connectivity index (χ0) is 16.6. The number of H-pyrrole nitrogens is 1. The third-order valence-electron chi connectivity index (χ3n) is 6.29. The molecule has 25 heavy (non-hydrogen) atoms. The van der Waals surface area contributed by atoms with Crippen LogP contribution in [0.3, 0.4) is 0 Å². The lowest BCUT2D eigenvalue weighted by Gasteiger charge is -2.25. The molecule has 3 N–H and O–H groups in total. The molecule has 2 heterocycles. The zero-order valence-electron chi connectivity index (χ0n) is 14.8. The van der Waals surface area contributed by atoms with E-state index in [-0.39, 0.29) is 0 Å². The molecule has 1 unspecified atom stereocenters. The zero-order valence-corrected chi connectivity index (χ0v) is 14.8. The highest BCUT2D eigenvalue weighted by Gasteiger charge is 2.26. The molecule has 1 saturated heterocycles.